The van der Waals surface area contributed by atoms with Crippen LogP contribution in [0.4, 0.5) is 0 Å². The molecule has 0 saturated heterocycles. The van der Waals surface area contributed by atoms with Crippen LogP contribution in [0.3, 0.4) is 0 Å². The molecule has 0 aromatic heterocycles. The number of nitrogens with two attached hydrogens (primary N) is 1. The van der Waals surface area contributed by atoms with E-state index in [1.807, 2.05) is 0 Å². The first-order valence-corrected chi connectivity index (χ1v) is 5.30. The summed E-state index contributed by atoms with van der Waals surface area (Å²) >= 11 is 0. The number of carbonyl (C=O) groups excluding carboxylic acids is 1. The molecule has 0 heterocycles. The van der Waals surface area contributed by atoms with Crippen molar-refractivity contribution in [1.29, 1.82) is 0 Å². The van der Waals surface area contributed by atoms with E-state index < -0.39 is 18.0 Å². The van der Waals surface area contributed by atoms with Crippen molar-refractivity contribution in [1.82, 2.24) is 0 Å². The Labute approximate surface area is 104 Å². The Bertz CT molecular complexity index is 458. The summed E-state index contributed by atoms with van der Waals surface area (Å²) in [6.07, 6.45) is -0.0762. The van der Waals surface area contributed by atoms with Gasteiger partial charge in [0.1, 0.15) is 11.8 Å². The standard InChI is InChI=1S/C12H15NO5/c1-18-12(17)10(13)5-7-2-3-9(14)4-8(7)6-11(15)16/h2-4,10,14H,5-6,13H2,1H3,(H,15,16)/t10-/m0/s1. The summed E-state index contributed by atoms with van der Waals surface area (Å²) in [5, 5.41) is 18.1. The predicted octanol–water partition coefficient (Wildman–Crippen LogP) is 0.0621. The molecule has 0 saturated carbocycles. The molecule has 0 fully saturated rings. The van der Waals surface area contributed by atoms with Gasteiger partial charge in [0, 0.05) is 0 Å². The van der Waals surface area contributed by atoms with Gasteiger partial charge in [-0.2, -0.15) is 0 Å². The number of hydrogen-bond donors (Lipinski definition) is 3. The molecule has 1 aromatic carbocycles. The first-order chi connectivity index (χ1) is 8.43. The monoisotopic (exact) mass is 253 g/mol. The highest BCUT2D eigenvalue weighted by Crippen LogP contribution is 2.18. The number of phenols is 1. The molecule has 0 aliphatic heterocycles. The zero-order valence-electron chi connectivity index (χ0n) is 9.92. The van der Waals surface area contributed by atoms with Crippen LogP contribution in [0.2, 0.25) is 0 Å². The Hall–Kier alpha value is -2.08. The lowest BCUT2D eigenvalue weighted by atomic mass is 9.98. The minimum atomic E-state index is -1.02. The second-order valence-electron chi connectivity index (χ2n) is 3.86. The normalized spacial score (nSPS) is 11.9. The van der Waals surface area contributed by atoms with Crippen LogP contribution in [0.1, 0.15) is 11.1 Å². The Kier molecular flexibility index (Phi) is 4.67. The van der Waals surface area contributed by atoms with Crippen molar-refractivity contribution in [2.24, 2.45) is 5.73 Å². The Balaban J connectivity index is 2.93. The van der Waals surface area contributed by atoms with E-state index in [2.05, 4.69) is 4.74 Å². The van der Waals surface area contributed by atoms with E-state index in [1.54, 1.807) is 6.07 Å². The maximum Gasteiger partial charge on any atom is 0.322 e. The summed E-state index contributed by atoms with van der Waals surface area (Å²) in [5.41, 5.74) is 6.65. The van der Waals surface area contributed by atoms with Gasteiger partial charge in [-0.05, 0) is 29.7 Å². The van der Waals surface area contributed by atoms with E-state index in [0.717, 1.165) is 0 Å². The van der Waals surface area contributed by atoms with Crippen LogP contribution >= 0.6 is 0 Å². The molecule has 0 spiro atoms. The lowest BCUT2D eigenvalue weighted by Gasteiger charge is -2.12. The quantitative estimate of drug-likeness (QED) is 0.640. The number of hydrogen-bond acceptors (Lipinski definition) is 5. The summed E-state index contributed by atoms with van der Waals surface area (Å²) in [6, 6.07) is 3.47. The van der Waals surface area contributed by atoms with E-state index in [-0.39, 0.29) is 18.6 Å². The zero-order valence-corrected chi connectivity index (χ0v) is 9.92. The smallest absolute Gasteiger partial charge is 0.322 e. The molecule has 6 nitrogen and oxygen atoms in total. The van der Waals surface area contributed by atoms with E-state index in [1.165, 1.54) is 19.2 Å². The van der Waals surface area contributed by atoms with Crippen LogP contribution in [0.5, 0.6) is 5.75 Å². The van der Waals surface area contributed by atoms with Crippen LogP contribution in [0.25, 0.3) is 0 Å². The van der Waals surface area contributed by atoms with Gasteiger partial charge in [0.2, 0.25) is 0 Å². The third kappa shape index (κ3) is 3.74. The van der Waals surface area contributed by atoms with Gasteiger partial charge in [0.05, 0.1) is 13.5 Å². The van der Waals surface area contributed by atoms with Crippen molar-refractivity contribution in [3.05, 3.63) is 29.3 Å². The number of carboxylic acids is 1. The van der Waals surface area contributed by atoms with Gasteiger partial charge in [-0.3, -0.25) is 9.59 Å². The van der Waals surface area contributed by atoms with Crippen molar-refractivity contribution >= 4 is 11.9 Å². The van der Waals surface area contributed by atoms with Gasteiger partial charge >= 0.3 is 11.9 Å². The third-order valence-electron chi connectivity index (χ3n) is 2.48. The SMILES string of the molecule is COC(=O)[C@@H](N)Cc1ccc(O)cc1CC(=O)O. The summed E-state index contributed by atoms with van der Waals surface area (Å²) in [6.45, 7) is 0. The first-order valence-electron chi connectivity index (χ1n) is 5.30. The van der Waals surface area contributed by atoms with Crippen LogP contribution in [0, 0.1) is 0 Å². The molecule has 0 radical (unpaired) electrons. The molecule has 1 aromatic rings. The highest BCUT2D eigenvalue weighted by molar-refractivity contribution is 5.76. The summed E-state index contributed by atoms with van der Waals surface area (Å²) < 4.78 is 4.50. The zero-order chi connectivity index (χ0) is 13.7. The minimum absolute atomic E-state index is 0.0263. The van der Waals surface area contributed by atoms with Crippen LogP contribution < -0.4 is 5.73 Å². The number of esters is 1. The molecule has 0 bridgehead atoms. The summed E-state index contributed by atoms with van der Waals surface area (Å²) in [5.74, 6) is -1.61. The van der Waals surface area contributed by atoms with Crippen molar-refractivity contribution in [3.63, 3.8) is 0 Å². The average Bonchev–Trinajstić information content (AvgIpc) is 2.30. The van der Waals surface area contributed by atoms with Crippen LogP contribution in [-0.4, -0.2) is 35.3 Å². The largest absolute Gasteiger partial charge is 0.508 e. The Morgan fingerprint density at radius 3 is 2.61 bits per heavy atom. The number of methoxy groups -OCH3 is 1. The Morgan fingerprint density at radius 1 is 1.39 bits per heavy atom. The van der Waals surface area contributed by atoms with Crippen molar-refractivity contribution in [2.75, 3.05) is 7.11 Å². The van der Waals surface area contributed by atoms with E-state index in [0.29, 0.717) is 11.1 Å². The van der Waals surface area contributed by atoms with Gasteiger partial charge in [-0.1, -0.05) is 6.07 Å². The Morgan fingerprint density at radius 2 is 2.06 bits per heavy atom. The van der Waals surface area contributed by atoms with Crippen molar-refractivity contribution in [3.8, 4) is 5.75 Å². The molecule has 0 unspecified atom stereocenters. The predicted molar refractivity (Wildman–Crippen MR) is 63.1 cm³/mol. The topological polar surface area (TPSA) is 110 Å². The summed E-state index contributed by atoms with van der Waals surface area (Å²) in [7, 11) is 1.23. The fourth-order valence-electron chi connectivity index (χ4n) is 1.61. The number of rotatable bonds is 5. The number of phenolic OH excluding ortho intramolecular Hbond substituents is 1. The second kappa shape index (κ2) is 6.02. The molecule has 0 amide bonds. The molecule has 1 rings (SSSR count). The van der Waals surface area contributed by atoms with Crippen molar-refractivity contribution < 1.29 is 24.5 Å². The fraction of sp³-hybridized carbons (Fsp3) is 0.333. The second-order valence-corrected chi connectivity index (χ2v) is 3.86. The molecule has 98 valence electrons. The van der Waals surface area contributed by atoms with E-state index in [4.69, 9.17) is 10.8 Å². The average molecular weight is 253 g/mol. The summed E-state index contributed by atoms with van der Waals surface area (Å²) in [4.78, 5) is 21.9. The number of carboxylic acid groups (broad SMARTS) is 1. The highest BCUT2D eigenvalue weighted by atomic mass is 16.5. The van der Waals surface area contributed by atoms with Gasteiger partial charge < -0.3 is 20.7 Å². The lowest BCUT2D eigenvalue weighted by molar-refractivity contribution is -0.142. The maximum atomic E-state index is 11.2. The molecular weight excluding hydrogens is 238 g/mol. The number of aromatic hydroxyl groups is 1. The van der Waals surface area contributed by atoms with Crippen molar-refractivity contribution in [2.45, 2.75) is 18.9 Å². The fourth-order valence-corrected chi connectivity index (χ4v) is 1.61. The first kappa shape index (κ1) is 14.0. The molecule has 18 heavy (non-hydrogen) atoms. The molecule has 0 aliphatic carbocycles. The minimum Gasteiger partial charge on any atom is -0.508 e. The number of benzene rings is 1. The highest BCUT2D eigenvalue weighted by Gasteiger charge is 2.17. The molecule has 6 heteroatoms. The molecular formula is C12H15NO5. The van der Waals surface area contributed by atoms with Crippen LogP contribution in [-0.2, 0) is 27.2 Å². The van der Waals surface area contributed by atoms with Gasteiger partial charge in [-0.25, -0.2) is 0 Å². The van der Waals surface area contributed by atoms with E-state index in [9.17, 15) is 14.7 Å². The van der Waals surface area contributed by atoms with Gasteiger partial charge in [0.15, 0.2) is 0 Å². The number of ether oxygens (including phenoxy) is 1. The maximum absolute atomic E-state index is 11.2. The number of carbonyl (C=O) groups is 2. The van der Waals surface area contributed by atoms with Crippen LogP contribution in [0.15, 0.2) is 18.2 Å². The van der Waals surface area contributed by atoms with E-state index >= 15 is 0 Å². The molecule has 0 aliphatic rings. The molecule has 4 N–H and O–H groups in total. The lowest BCUT2D eigenvalue weighted by Crippen LogP contribution is -2.34. The third-order valence-corrected chi connectivity index (χ3v) is 2.48. The molecule has 1 atom stereocenters. The van der Waals surface area contributed by atoms with Gasteiger partial charge in [0.25, 0.3) is 0 Å². The van der Waals surface area contributed by atoms with Gasteiger partial charge in [-0.15, -0.1) is 0 Å². The number of aliphatic carboxylic acids is 1.